The van der Waals surface area contributed by atoms with Gasteiger partial charge in [0.15, 0.2) is 11.6 Å². The van der Waals surface area contributed by atoms with Gasteiger partial charge in [0, 0.05) is 29.4 Å². The molecule has 0 bridgehead atoms. The Morgan fingerprint density at radius 1 is 0.962 bits per heavy atom. The molecule has 5 rings (SSSR count). The number of pyridine rings is 1. The minimum absolute atomic E-state index is 0.0621. The van der Waals surface area contributed by atoms with Gasteiger partial charge in [-0.3, -0.25) is 28.9 Å². The first-order valence-electron chi connectivity index (χ1n) is 15.6. The summed E-state index contributed by atoms with van der Waals surface area (Å²) in [5, 5.41) is 18.1. The number of anilines is 1. The quantitative estimate of drug-likeness (QED) is 0.130. The lowest BCUT2D eigenvalue weighted by Gasteiger charge is -2.19. The molecule has 0 aliphatic heterocycles. The van der Waals surface area contributed by atoms with Gasteiger partial charge in [-0.25, -0.2) is 18.7 Å². The summed E-state index contributed by atoms with van der Waals surface area (Å²) in [5.74, 6) is -4.55. The van der Waals surface area contributed by atoms with Gasteiger partial charge in [0.05, 0.1) is 37.1 Å². The van der Waals surface area contributed by atoms with Gasteiger partial charge < -0.3 is 29.7 Å². The summed E-state index contributed by atoms with van der Waals surface area (Å²) in [5.41, 5.74) is 0.915. The molecule has 0 radical (unpaired) electrons. The standard InChI is InChI=1S/C34H34FN5O6.C2H2O4/c1-21(45-31(41)20-38(3)4)19-39-22(2)32(34(43)40(39)24-9-7-6-8-10-24)33(42)37-23-11-14-30(27(35)17-23)46-29-15-16-36-28-18-25(44-5)12-13-26(28)29;3-1(4)2(5)6/h6-18,21H,19-20H2,1-5H3,(H,37,42);(H,3,4)(H,5,6). The summed E-state index contributed by atoms with van der Waals surface area (Å²) >= 11 is 0. The Balaban J connectivity index is 0.000000929. The third-order valence-corrected chi connectivity index (χ3v) is 7.33. The van der Waals surface area contributed by atoms with Crippen molar-refractivity contribution >= 4 is 40.4 Å². The van der Waals surface area contributed by atoms with E-state index in [0.717, 1.165) is 6.07 Å². The van der Waals surface area contributed by atoms with Crippen LogP contribution in [0.4, 0.5) is 10.1 Å². The summed E-state index contributed by atoms with van der Waals surface area (Å²) < 4.78 is 34.9. The number of nitrogens with one attached hydrogen (secondary N) is 1. The molecule has 16 heteroatoms. The van der Waals surface area contributed by atoms with Crippen molar-refractivity contribution in [1.29, 1.82) is 0 Å². The van der Waals surface area contributed by atoms with E-state index in [2.05, 4.69) is 10.3 Å². The van der Waals surface area contributed by atoms with Crippen molar-refractivity contribution in [2.24, 2.45) is 0 Å². The average molecular weight is 718 g/mol. The smallest absolute Gasteiger partial charge is 0.414 e. The molecule has 1 unspecified atom stereocenters. The van der Waals surface area contributed by atoms with Gasteiger partial charge in [0.2, 0.25) is 0 Å². The number of rotatable bonds is 11. The summed E-state index contributed by atoms with van der Waals surface area (Å²) in [6.45, 7) is 3.56. The second kappa shape index (κ2) is 16.9. The Morgan fingerprint density at radius 3 is 2.27 bits per heavy atom. The monoisotopic (exact) mass is 717 g/mol. The molecule has 0 saturated heterocycles. The highest BCUT2D eigenvalue weighted by Gasteiger charge is 2.26. The number of halogens is 1. The van der Waals surface area contributed by atoms with Crippen LogP contribution in [0.25, 0.3) is 16.6 Å². The molecule has 52 heavy (non-hydrogen) atoms. The van der Waals surface area contributed by atoms with Crippen molar-refractivity contribution in [3.63, 3.8) is 0 Å². The molecule has 0 spiro atoms. The van der Waals surface area contributed by atoms with E-state index in [4.69, 9.17) is 34.0 Å². The maximum absolute atomic E-state index is 15.3. The van der Waals surface area contributed by atoms with E-state index in [1.54, 1.807) is 99.4 Å². The van der Waals surface area contributed by atoms with Crippen molar-refractivity contribution in [3.05, 3.63) is 106 Å². The number of aliphatic carboxylic acids is 2. The van der Waals surface area contributed by atoms with E-state index in [-0.39, 0.29) is 30.1 Å². The topological polar surface area (TPSA) is 192 Å². The first-order valence-corrected chi connectivity index (χ1v) is 15.6. The fourth-order valence-corrected chi connectivity index (χ4v) is 5.05. The number of benzene rings is 3. The molecule has 0 saturated carbocycles. The summed E-state index contributed by atoms with van der Waals surface area (Å²) in [4.78, 5) is 63.7. The number of ether oxygens (including phenoxy) is 3. The Kier molecular flexibility index (Phi) is 12.4. The molecule has 0 aliphatic rings. The largest absolute Gasteiger partial charge is 0.497 e. The first kappa shape index (κ1) is 38.3. The number of hydrogen-bond acceptors (Lipinski definition) is 10. The van der Waals surface area contributed by atoms with Gasteiger partial charge in [-0.05, 0) is 70.4 Å². The van der Waals surface area contributed by atoms with Crippen molar-refractivity contribution in [2.45, 2.75) is 26.5 Å². The maximum Gasteiger partial charge on any atom is 0.414 e. The summed E-state index contributed by atoms with van der Waals surface area (Å²) in [7, 11) is 5.07. The third-order valence-electron chi connectivity index (χ3n) is 7.33. The molecule has 3 aromatic carbocycles. The molecular weight excluding hydrogens is 681 g/mol. The number of methoxy groups -OCH3 is 1. The predicted octanol–water partition coefficient (Wildman–Crippen LogP) is 4.34. The van der Waals surface area contributed by atoms with Crippen LogP contribution in [0, 0.1) is 12.7 Å². The number of carbonyl (C=O) groups excluding carboxylic acids is 2. The number of likely N-dealkylation sites (N-methyl/N-ethyl adjacent to an activating group) is 1. The predicted molar refractivity (Wildman–Crippen MR) is 187 cm³/mol. The molecule has 15 nitrogen and oxygen atoms in total. The summed E-state index contributed by atoms with van der Waals surface area (Å²) in [6, 6.07) is 19.7. The fraction of sp³-hybridized carbons (Fsp3) is 0.222. The van der Waals surface area contributed by atoms with Crippen LogP contribution in [0.15, 0.2) is 83.8 Å². The van der Waals surface area contributed by atoms with E-state index in [1.807, 2.05) is 6.07 Å². The zero-order chi connectivity index (χ0) is 38.1. The zero-order valence-electron chi connectivity index (χ0n) is 28.8. The van der Waals surface area contributed by atoms with Gasteiger partial charge in [0.25, 0.3) is 11.5 Å². The number of carboxylic acids is 2. The number of carbonyl (C=O) groups is 4. The van der Waals surface area contributed by atoms with E-state index >= 15 is 4.39 Å². The number of aromatic nitrogens is 3. The Hall–Kier alpha value is -6.55. The van der Waals surface area contributed by atoms with Gasteiger partial charge >= 0.3 is 17.9 Å². The molecule has 5 aromatic rings. The Bertz CT molecular complexity index is 2150. The van der Waals surface area contributed by atoms with Crippen molar-refractivity contribution < 1.29 is 48.0 Å². The molecular formula is C36H36FN5O10. The van der Waals surface area contributed by atoms with Gasteiger partial charge in [0.1, 0.15) is 23.2 Å². The first-order chi connectivity index (χ1) is 24.7. The number of para-hydroxylation sites is 1. The van der Waals surface area contributed by atoms with Gasteiger partial charge in [-0.15, -0.1) is 0 Å². The lowest BCUT2D eigenvalue weighted by molar-refractivity contribution is -0.159. The van der Waals surface area contributed by atoms with Crippen LogP contribution in [-0.4, -0.2) is 87.1 Å². The Morgan fingerprint density at radius 2 is 1.65 bits per heavy atom. The molecule has 0 fully saturated rings. The molecule has 2 aromatic heterocycles. The van der Waals surface area contributed by atoms with Gasteiger partial charge in [-0.2, -0.15) is 0 Å². The molecule has 1 amide bonds. The number of esters is 1. The second-order valence-corrected chi connectivity index (χ2v) is 11.5. The maximum atomic E-state index is 15.3. The third kappa shape index (κ3) is 9.36. The number of carboxylic acid groups (broad SMARTS) is 2. The number of hydrogen-bond donors (Lipinski definition) is 3. The van der Waals surface area contributed by atoms with Crippen LogP contribution in [0.5, 0.6) is 17.2 Å². The molecule has 3 N–H and O–H groups in total. The lowest BCUT2D eigenvalue weighted by atomic mass is 10.2. The van der Waals surface area contributed by atoms with Crippen LogP contribution >= 0.6 is 0 Å². The second-order valence-electron chi connectivity index (χ2n) is 11.5. The van der Waals surface area contributed by atoms with Crippen LogP contribution in [0.1, 0.15) is 23.0 Å². The van der Waals surface area contributed by atoms with E-state index in [9.17, 15) is 14.4 Å². The molecule has 1 atom stereocenters. The molecule has 0 aliphatic carbocycles. The van der Waals surface area contributed by atoms with Crippen LogP contribution in [-0.2, 0) is 25.7 Å². The highest BCUT2D eigenvalue weighted by atomic mass is 19.1. The zero-order valence-corrected chi connectivity index (χ0v) is 28.8. The molecule has 272 valence electrons. The van der Waals surface area contributed by atoms with Gasteiger partial charge in [-0.1, -0.05) is 18.2 Å². The van der Waals surface area contributed by atoms with Crippen LogP contribution in [0.2, 0.25) is 0 Å². The van der Waals surface area contributed by atoms with E-state index < -0.39 is 41.3 Å². The number of fused-ring (bicyclic) bond motifs is 1. The van der Waals surface area contributed by atoms with Crippen LogP contribution in [0.3, 0.4) is 0 Å². The van der Waals surface area contributed by atoms with Crippen LogP contribution < -0.4 is 20.3 Å². The fourth-order valence-electron chi connectivity index (χ4n) is 5.05. The number of nitrogens with zero attached hydrogens (tertiary/aromatic N) is 4. The average Bonchev–Trinajstić information content (AvgIpc) is 3.33. The summed E-state index contributed by atoms with van der Waals surface area (Å²) in [6.07, 6.45) is 0.944. The SMILES string of the molecule is COc1ccc2c(Oc3ccc(NC(=O)c4c(C)n(CC(C)OC(=O)CN(C)C)n(-c5ccccc5)c4=O)cc3F)ccnc2c1.O=C(O)C(=O)O. The minimum Gasteiger partial charge on any atom is -0.497 e. The highest BCUT2D eigenvalue weighted by molar-refractivity contribution is 6.27. The lowest BCUT2D eigenvalue weighted by Crippen LogP contribution is -2.31. The van der Waals surface area contributed by atoms with E-state index in [0.29, 0.717) is 33.8 Å². The highest BCUT2D eigenvalue weighted by Crippen LogP contribution is 2.33. The Labute approximate surface area is 296 Å². The number of amides is 1. The normalized spacial score (nSPS) is 11.3. The van der Waals surface area contributed by atoms with Crippen molar-refractivity contribution in [2.75, 3.05) is 33.1 Å². The van der Waals surface area contributed by atoms with E-state index in [1.165, 1.54) is 16.8 Å². The minimum atomic E-state index is -1.82. The van der Waals surface area contributed by atoms with Crippen molar-refractivity contribution in [1.82, 2.24) is 19.2 Å². The van der Waals surface area contributed by atoms with Crippen molar-refractivity contribution in [3.8, 4) is 22.9 Å². The molecule has 2 heterocycles.